The van der Waals surface area contributed by atoms with Crippen molar-refractivity contribution >= 4 is 18.0 Å². The third kappa shape index (κ3) is 5.35. The second-order valence-corrected chi connectivity index (χ2v) is 8.79. The van der Waals surface area contributed by atoms with E-state index < -0.39 is 24.1 Å². The van der Waals surface area contributed by atoms with Crippen molar-refractivity contribution in [3.8, 4) is 11.1 Å². The lowest BCUT2D eigenvalue weighted by molar-refractivity contribution is -0.149. The third-order valence-corrected chi connectivity index (χ3v) is 6.38. The molecule has 0 bridgehead atoms. The highest BCUT2D eigenvalue weighted by atomic mass is 16.5. The number of carboxylic acid groups (broad SMARTS) is 1. The number of nitrogens with one attached hydrogen (secondary N) is 1. The zero-order valence-corrected chi connectivity index (χ0v) is 19.6. The average molecular weight is 453 g/mol. The van der Waals surface area contributed by atoms with Crippen molar-refractivity contribution < 1.29 is 24.2 Å². The second-order valence-electron chi connectivity index (χ2n) is 8.79. The number of nitrogens with zero attached hydrogens (tertiary/aromatic N) is 1. The molecule has 176 valence electrons. The molecule has 0 spiro atoms. The minimum Gasteiger partial charge on any atom is -0.480 e. The fourth-order valence-electron chi connectivity index (χ4n) is 4.36. The lowest BCUT2D eigenvalue weighted by Gasteiger charge is -2.28. The smallest absolute Gasteiger partial charge is 0.407 e. The van der Waals surface area contributed by atoms with Crippen LogP contribution in [0.2, 0.25) is 0 Å². The fourth-order valence-corrected chi connectivity index (χ4v) is 4.36. The van der Waals surface area contributed by atoms with E-state index in [0.717, 1.165) is 22.3 Å². The Morgan fingerprint density at radius 3 is 2.06 bits per heavy atom. The second kappa shape index (κ2) is 10.5. The monoisotopic (exact) mass is 452 g/mol. The Bertz CT molecular complexity index is 974. The number of carbonyl (C=O) groups excluding carboxylic acids is 2. The average Bonchev–Trinajstić information content (AvgIpc) is 3.11. The molecule has 0 heterocycles. The molecular formula is C26H32N2O5. The number of rotatable bonds is 9. The summed E-state index contributed by atoms with van der Waals surface area (Å²) in [5, 5.41) is 12.1. The highest BCUT2D eigenvalue weighted by Crippen LogP contribution is 2.44. The van der Waals surface area contributed by atoms with Crippen LogP contribution in [0.25, 0.3) is 11.1 Å². The van der Waals surface area contributed by atoms with Gasteiger partial charge in [0, 0.05) is 25.4 Å². The predicted octanol–water partition coefficient (Wildman–Crippen LogP) is 4.26. The van der Waals surface area contributed by atoms with Gasteiger partial charge in [0.05, 0.1) is 0 Å². The van der Waals surface area contributed by atoms with E-state index >= 15 is 0 Å². The molecule has 2 amide bonds. The molecule has 1 aliphatic carbocycles. The molecule has 0 aliphatic heterocycles. The van der Waals surface area contributed by atoms with Gasteiger partial charge in [-0.15, -0.1) is 0 Å². The SMILES string of the molecule is CCC(C(=O)O)N(C)C(=O)CC(NC(=O)OCC1c2ccccc2-c2ccccc21)C(C)C. The lowest BCUT2D eigenvalue weighted by atomic mass is 9.98. The van der Waals surface area contributed by atoms with Gasteiger partial charge in [0.1, 0.15) is 12.6 Å². The molecule has 2 unspecified atom stereocenters. The summed E-state index contributed by atoms with van der Waals surface area (Å²) in [6, 6.07) is 14.9. The van der Waals surface area contributed by atoms with Gasteiger partial charge < -0.3 is 20.1 Å². The van der Waals surface area contributed by atoms with E-state index in [9.17, 15) is 19.5 Å². The van der Waals surface area contributed by atoms with Crippen LogP contribution in [0.4, 0.5) is 4.79 Å². The highest BCUT2D eigenvalue weighted by Gasteiger charge is 2.31. The molecule has 33 heavy (non-hydrogen) atoms. The largest absolute Gasteiger partial charge is 0.480 e. The van der Waals surface area contributed by atoms with Crippen molar-refractivity contribution in [2.24, 2.45) is 5.92 Å². The number of fused-ring (bicyclic) bond motifs is 3. The minimum absolute atomic E-state index is 0.00213. The van der Waals surface area contributed by atoms with Crippen LogP contribution in [0.15, 0.2) is 48.5 Å². The molecule has 0 aromatic heterocycles. The molecule has 2 atom stereocenters. The number of carboxylic acids is 1. The van der Waals surface area contributed by atoms with Gasteiger partial charge in [0.2, 0.25) is 5.91 Å². The van der Waals surface area contributed by atoms with Crippen LogP contribution in [0, 0.1) is 5.92 Å². The van der Waals surface area contributed by atoms with Crippen LogP contribution >= 0.6 is 0 Å². The van der Waals surface area contributed by atoms with Crippen molar-refractivity contribution in [2.75, 3.05) is 13.7 Å². The Morgan fingerprint density at radius 2 is 1.58 bits per heavy atom. The van der Waals surface area contributed by atoms with E-state index in [1.807, 2.05) is 38.1 Å². The van der Waals surface area contributed by atoms with Crippen LogP contribution < -0.4 is 5.32 Å². The van der Waals surface area contributed by atoms with Crippen LogP contribution in [-0.4, -0.2) is 53.7 Å². The zero-order chi connectivity index (χ0) is 24.1. The van der Waals surface area contributed by atoms with E-state index in [0.29, 0.717) is 6.42 Å². The van der Waals surface area contributed by atoms with Crippen molar-refractivity contribution in [1.82, 2.24) is 10.2 Å². The minimum atomic E-state index is -1.04. The Labute approximate surface area is 194 Å². The fraction of sp³-hybridized carbons (Fsp3) is 0.423. The molecular weight excluding hydrogens is 420 g/mol. The molecule has 0 fully saturated rings. The summed E-state index contributed by atoms with van der Waals surface area (Å²) in [5.74, 6) is -1.46. The molecule has 1 aliphatic rings. The van der Waals surface area contributed by atoms with Crippen molar-refractivity contribution in [1.29, 1.82) is 0 Å². The first-order valence-electron chi connectivity index (χ1n) is 11.3. The predicted molar refractivity (Wildman–Crippen MR) is 126 cm³/mol. The van der Waals surface area contributed by atoms with Crippen LogP contribution in [0.5, 0.6) is 0 Å². The standard InChI is InChI=1S/C26H32N2O5/c1-5-23(25(30)31)28(4)24(29)14-22(16(2)3)27-26(32)33-15-21-19-12-8-6-10-17(19)18-11-7-9-13-20(18)21/h6-13,16,21-23H,5,14-15H2,1-4H3,(H,27,32)(H,30,31). The van der Waals surface area contributed by atoms with Gasteiger partial charge >= 0.3 is 12.1 Å². The van der Waals surface area contributed by atoms with E-state index in [1.165, 1.54) is 11.9 Å². The van der Waals surface area contributed by atoms with Crippen molar-refractivity contribution in [3.05, 3.63) is 59.7 Å². The maximum Gasteiger partial charge on any atom is 0.407 e. The molecule has 7 heteroatoms. The van der Waals surface area contributed by atoms with E-state index in [-0.39, 0.29) is 30.8 Å². The molecule has 2 N–H and O–H groups in total. The normalized spacial score (nSPS) is 14.2. The van der Waals surface area contributed by atoms with Crippen LogP contribution in [0.3, 0.4) is 0 Å². The Morgan fingerprint density at radius 1 is 1.03 bits per heavy atom. The first kappa shape index (κ1) is 24.3. The van der Waals surface area contributed by atoms with E-state index in [1.54, 1.807) is 6.92 Å². The number of hydrogen-bond donors (Lipinski definition) is 2. The number of amides is 2. The summed E-state index contributed by atoms with van der Waals surface area (Å²) < 4.78 is 5.60. The summed E-state index contributed by atoms with van der Waals surface area (Å²) in [6.07, 6.45) is -0.275. The first-order chi connectivity index (χ1) is 15.7. The van der Waals surface area contributed by atoms with Gasteiger partial charge in [0.15, 0.2) is 0 Å². The molecule has 7 nitrogen and oxygen atoms in total. The van der Waals surface area contributed by atoms with Gasteiger partial charge in [-0.3, -0.25) is 4.79 Å². The maximum atomic E-state index is 12.7. The third-order valence-electron chi connectivity index (χ3n) is 6.38. The summed E-state index contributed by atoms with van der Waals surface area (Å²) in [6.45, 7) is 5.71. The molecule has 0 saturated heterocycles. The quantitative estimate of drug-likeness (QED) is 0.593. The first-order valence-corrected chi connectivity index (χ1v) is 11.3. The van der Waals surface area contributed by atoms with E-state index in [2.05, 4.69) is 29.6 Å². The van der Waals surface area contributed by atoms with Crippen molar-refractivity contribution in [3.63, 3.8) is 0 Å². The topological polar surface area (TPSA) is 95.9 Å². The molecule has 2 aromatic carbocycles. The number of carbonyl (C=O) groups is 3. The molecule has 0 saturated carbocycles. The zero-order valence-electron chi connectivity index (χ0n) is 19.6. The highest BCUT2D eigenvalue weighted by molar-refractivity contribution is 5.84. The Hall–Kier alpha value is -3.35. The Balaban J connectivity index is 1.63. The van der Waals surface area contributed by atoms with E-state index in [4.69, 9.17) is 4.74 Å². The lowest BCUT2D eigenvalue weighted by Crippen LogP contribution is -2.47. The number of aliphatic carboxylic acids is 1. The number of ether oxygens (including phenoxy) is 1. The number of likely N-dealkylation sites (N-methyl/N-ethyl adjacent to an activating group) is 1. The summed E-state index contributed by atoms with van der Waals surface area (Å²) >= 11 is 0. The molecule has 2 aromatic rings. The van der Waals surface area contributed by atoms with Crippen LogP contribution in [-0.2, 0) is 14.3 Å². The molecule has 0 radical (unpaired) electrons. The summed E-state index contributed by atoms with van der Waals surface area (Å²) in [7, 11) is 1.48. The molecule has 3 rings (SSSR count). The maximum absolute atomic E-state index is 12.7. The number of benzene rings is 2. The number of hydrogen-bond acceptors (Lipinski definition) is 4. The van der Waals surface area contributed by atoms with Gasteiger partial charge in [-0.05, 0) is 34.6 Å². The van der Waals surface area contributed by atoms with Crippen molar-refractivity contribution in [2.45, 2.75) is 51.6 Å². The van der Waals surface area contributed by atoms with Gasteiger partial charge in [-0.2, -0.15) is 0 Å². The Kier molecular flexibility index (Phi) is 7.74. The number of alkyl carbamates (subject to hydrolysis) is 1. The van der Waals surface area contributed by atoms with Gasteiger partial charge in [-0.25, -0.2) is 9.59 Å². The summed E-state index contributed by atoms with van der Waals surface area (Å²) in [5.41, 5.74) is 4.56. The van der Waals surface area contributed by atoms with Gasteiger partial charge in [-0.1, -0.05) is 69.3 Å². The summed E-state index contributed by atoms with van der Waals surface area (Å²) in [4.78, 5) is 37.9. The van der Waals surface area contributed by atoms with Gasteiger partial charge in [0.25, 0.3) is 0 Å². The van der Waals surface area contributed by atoms with Crippen LogP contribution in [0.1, 0.15) is 50.7 Å².